The van der Waals surface area contributed by atoms with Crippen LogP contribution in [0.2, 0.25) is 0 Å². The Kier molecular flexibility index (Phi) is 5.83. The van der Waals surface area contributed by atoms with Gasteiger partial charge in [0.2, 0.25) is 5.95 Å². The number of nitrogens with zero attached hydrogens (tertiary/aromatic N) is 7. The molecule has 1 aliphatic rings. The summed E-state index contributed by atoms with van der Waals surface area (Å²) in [6.45, 7) is 3.76. The number of carboxylic acid groups (broad SMARTS) is 1. The lowest BCUT2D eigenvalue weighted by Crippen LogP contribution is -2.33. The Morgan fingerprint density at radius 2 is 2.06 bits per heavy atom. The first-order valence-electron chi connectivity index (χ1n) is 10.1. The van der Waals surface area contributed by atoms with Crippen molar-refractivity contribution in [1.82, 2.24) is 30.3 Å². The summed E-state index contributed by atoms with van der Waals surface area (Å²) in [6, 6.07) is 7.35. The standard InChI is InChI=1S/C20H23N9O3/c1-3-21-19-22-11-16-17(24-19)27(2)7-8-28(18(16)30)14-5-4-6-15(9-14)29-12-13(25-26-29)10-23-20(31)32/h4-6,9,11-12,23H,3,7-8,10H2,1-2H3,(H,31,32)(H,21,22,24). The lowest BCUT2D eigenvalue weighted by atomic mass is 10.2. The summed E-state index contributed by atoms with van der Waals surface area (Å²) in [5.41, 5.74) is 2.30. The third-order valence-electron chi connectivity index (χ3n) is 4.97. The van der Waals surface area contributed by atoms with E-state index in [2.05, 4.69) is 30.9 Å². The summed E-state index contributed by atoms with van der Waals surface area (Å²) in [5.74, 6) is 0.890. The number of fused-ring (bicyclic) bond motifs is 1. The highest BCUT2D eigenvalue weighted by Gasteiger charge is 2.28. The Balaban J connectivity index is 1.61. The molecule has 3 N–H and O–H groups in total. The number of nitrogens with one attached hydrogen (secondary N) is 2. The van der Waals surface area contributed by atoms with Gasteiger partial charge in [-0.2, -0.15) is 4.98 Å². The van der Waals surface area contributed by atoms with Gasteiger partial charge in [-0.05, 0) is 25.1 Å². The summed E-state index contributed by atoms with van der Waals surface area (Å²) in [7, 11) is 1.90. The van der Waals surface area contributed by atoms with E-state index in [9.17, 15) is 9.59 Å². The van der Waals surface area contributed by atoms with E-state index in [0.29, 0.717) is 54.0 Å². The predicted octanol–water partition coefficient (Wildman–Crippen LogP) is 1.35. The van der Waals surface area contributed by atoms with Gasteiger partial charge in [-0.3, -0.25) is 4.79 Å². The molecule has 0 bridgehead atoms. The van der Waals surface area contributed by atoms with Crippen LogP contribution in [0.15, 0.2) is 36.7 Å². The van der Waals surface area contributed by atoms with Gasteiger partial charge in [0.15, 0.2) is 0 Å². The maximum absolute atomic E-state index is 13.4. The first-order chi connectivity index (χ1) is 15.5. The van der Waals surface area contributed by atoms with E-state index in [4.69, 9.17) is 5.11 Å². The summed E-state index contributed by atoms with van der Waals surface area (Å²) in [5, 5.41) is 22.1. The van der Waals surface area contributed by atoms with Crippen LogP contribution in [0.5, 0.6) is 0 Å². The summed E-state index contributed by atoms with van der Waals surface area (Å²) < 4.78 is 1.54. The quantitative estimate of drug-likeness (QED) is 0.521. The maximum atomic E-state index is 13.4. The zero-order valence-corrected chi connectivity index (χ0v) is 17.7. The van der Waals surface area contributed by atoms with Crippen LogP contribution in [0.25, 0.3) is 5.69 Å². The van der Waals surface area contributed by atoms with E-state index in [1.165, 1.54) is 4.68 Å². The number of rotatable bonds is 6. The molecule has 166 valence electrons. The van der Waals surface area contributed by atoms with Gasteiger partial charge in [0.25, 0.3) is 5.91 Å². The Labute approximate surface area is 183 Å². The molecule has 3 aromatic rings. The number of amides is 2. The Morgan fingerprint density at radius 1 is 1.25 bits per heavy atom. The van der Waals surface area contributed by atoms with Crippen LogP contribution in [-0.4, -0.2) is 68.8 Å². The Morgan fingerprint density at radius 3 is 2.84 bits per heavy atom. The number of carbonyl (C=O) groups is 2. The van der Waals surface area contributed by atoms with Gasteiger partial charge in [-0.25, -0.2) is 14.5 Å². The minimum absolute atomic E-state index is 0.0532. The zero-order valence-electron chi connectivity index (χ0n) is 17.7. The molecule has 1 aromatic carbocycles. The van der Waals surface area contributed by atoms with Gasteiger partial charge in [-0.15, -0.1) is 5.10 Å². The molecule has 2 aromatic heterocycles. The molecule has 3 heterocycles. The highest BCUT2D eigenvalue weighted by atomic mass is 16.4. The van der Waals surface area contributed by atoms with Gasteiger partial charge in [-0.1, -0.05) is 11.3 Å². The Bertz CT molecular complexity index is 1150. The van der Waals surface area contributed by atoms with Crippen molar-refractivity contribution in [2.24, 2.45) is 0 Å². The number of hydrogen-bond acceptors (Lipinski definition) is 8. The van der Waals surface area contributed by atoms with Crippen molar-refractivity contribution in [3.05, 3.63) is 47.9 Å². The molecule has 0 fully saturated rings. The Hall–Kier alpha value is -4.22. The minimum Gasteiger partial charge on any atom is -0.465 e. The van der Waals surface area contributed by atoms with Crippen molar-refractivity contribution in [3.63, 3.8) is 0 Å². The van der Waals surface area contributed by atoms with Gasteiger partial charge < -0.3 is 25.5 Å². The normalized spacial score (nSPS) is 13.5. The van der Waals surface area contributed by atoms with Gasteiger partial charge in [0.05, 0.1) is 18.4 Å². The van der Waals surface area contributed by atoms with E-state index < -0.39 is 6.09 Å². The van der Waals surface area contributed by atoms with Gasteiger partial charge >= 0.3 is 6.09 Å². The molecule has 12 nitrogen and oxygen atoms in total. The summed E-state index contributed by atoms with van der Waals surface area (Å²) in [4.78, 5) is 36.4. The first kappa shape index (κ1) is 21.0. The van der Waals surface area contributed by atoms with Crippen LogP contribution in [0, 0.1) is 0 Å². The average molecular weight is 437 g/mol. The summed E-state index contributed by atoms with van der Waals surface area (Å²) in [6.07, 6.45) is 2.06. The van der Waals surface area contributed by atoms with Crippen molar-refractivity contribution >= 4 is 29.5 Å². The lowest BCUT2D eigenvalue weighted by molar-refractivity contribution is 0.0989. The van der Waals surface area contributed by atoms with Crippen LogP contribution in [0.4, 0.5) is 22.2 Å². The molecular weight excluding hydrogens is 414 g/mol. The highest BCUT2D eigenvalue weighted by molar-refractivity contribution is 6.09. The molecule has 32 heavy (non-hydrogen) atoms. The predicted molar refractivity (Wildman–Crippen MR) is 117 cm³/mol. The van der Waals surface area contributed by atoms with Crippen molar-refractivity contribution in [1.29, 1.82) is 0 Å². The molecule has 0 saturated carbocycles. The van der Waals surface area contributed by atoms with Crippen LogP contribution in [0.1, 0.15) is 23.0 Å². The van der Waals surface area contributed by atoms with Crippen molar-refractivity contribution in [3.8, 4) is 5.69 Å². The zero-order chi connectivity index (χ0) is 22.7. The number of anilines is 3. The molecule has 0 spiro atoms. The highest BCUT2D eigenvalue weighted by Crippen LogP contribution is 2.27. The average Bonchev–Trinajstić information content (AvgIpc) is 3.23. The SMILES string of the molecule is CCNc1ncc2c(n1)N(C)CCN(c1cccc(-n3cc(CNC(=O)O)nn3)c1)C2=O. The topological polar surface area (TPSA) is 141 Å². The molecular formula is C20H23N9O3. The molecule has 0 saturated heterocycles. The number of aromatic nitrogens is 5. The van der Waals surface area contributed by atoms with Crippen LogP contribution in [0.3, 0.4) is 0 Å². The number of likely N-dealkylation sites (N-methyl/N-ethyl adjacent to an activating group) is 1. The first-order valence-corrected chi connectivity index (χ1v) is 10.1. The molecule has 0 radical (unpaired) electrons. The van der Waals surface area contributed by atoms with Crippen LogP contribution in [-0.2, 0) is 6.54 Å². The second-order valence-electron chi connectivity index (χ2n) is 7.17. The van der Waals surface area contributed by atoms with Crippen molar-refractivity contribution in [2.45, 2.75) is 13.5 Å². The molecule has 0 atom stereocenters. The fourth-order valence-corrected chi connectivity index (χ4v) is 3.38. The smallest absolute Gasteiger partial charge is 0.404 e. The van der Waals surface area contributed by atoms with E-state index in [0.717, 1.165) is 0 Å². The van der Waals surface area contributed by atoms with Crippen LogP contribution >= 0.6 is 0 Å². The van der Waals surface area contributed by atoms with Gasteiger partial charge in [0.1, 0.15) is 17.1 Å². The molecule has 1 aliphatic heterocycles. The summed E-state index contributed by atoms with van der Waals surface area (Å²) >= 11 is 0. The molecule has 0 unspecified atom stereocenters. The lowest BCUT2D eigenvalue weighted by Gasteiger charge is -2.21. The van der Waals surface area contributed by atoms with E-state index in [1.807, 2.05) is 43.1 Å². The second-order valence-corrected chi connectivity index (χ2v) is 7.17. The number of hydrogen-bond donors (Lipinski definition) is 3. The minimum atomic E-state index is -1.13. The van der Waals surface area contributed by atoms with E-state index in [1.54, 1.807) is 17.3 Å². The van der Waals surface area contributed by atoms with Crippen molar-refractivity contribution in [2.75, 3.05) is 41.8 Å². The van der Waals surface area contributed by atoms with E-state index in [-0.39, 0.29) is 12.5 Å². The molecule has 12 heteroatoms. The number of benzene rings is 1. The van der Waals surface area contributed by atoms with Gasteiger partial charge in [0, 0.05) is 38.6 Å². The molecule has 4 rings (SSSR count). The third-order valence-corrected chi connectivity index (χ3v) is 4.97. The molecule has 0 aliphatic carbocycles. The number of carbonyl (C=O) groups excluding carboxylic acids is 1. The monoisotopic (exact) mass is 437 g/mol. The van der Waals surface area contributed by atoms with Crippen LogP contribution < -0.4 is 20.4 Å². The largest absolute Gasteiger partial charge is 0.465 e. The molecule has 2 amide bonds. The second kappa shape index (κ2) is 8.88. The fraction of sp³-hybridized carbons (Fsp3) is 0.300. The third kappa shape index (κ3) is 4.29. The maximum Gasteiger partial charge on any atom is 0.404 e. The fourth-order valence-electron chi connectivity index (χ4n) is 3.38. The van der Waals surface area contributed by atoms with Crippen molar-refractivity contribution < 1.29 is 14.7 Å². The van der Waals surface area contributed by atoms with E-state index >= 15 is 0 Å².